The van der Waals surface area contributed by atoms with Crippen molar-refractivity contribution in [2.75, 3.05) is 26.2 Å². The second kappa shape index (κ2) is 9.22. The van der Waals surface area contributed by atoms with Crippen LogP contribution in [0.15, 0.2) is 54.6 Å². The van der Waals surface area contributed by atoms with Crippen molar-refractivity contribution in [1.29, 1.82) is 0 Å². The summed E-state index contributed by atoms with van der Waals surface area (Å²) in [7, 11) is 4.65. The normalized spacial score (nSPS) is 10.5. The zero-order valence-electron chi connectivity index (χ0n) is 17.1. The molecular formula is C23H27NO4. The smallest absolute Gasteiger partial charge is 0.261 e. The second-order valence-corrected chi connectivity index (χ2v) is 7.04. The molecule has 0 aromatic heterocycles. The van der Waals surface area contributed by atoms with Crippen molar-refractivity contribution in [3.05, 3.63) is 65.7 Å². The van der Waals surface area contributed by atoms with Gasteiger partial charge in [-0.3, -0.25) is 9.59 Å². The molecule has 0 aliphatic rings. The van der Waals surface area contributed by atoms with E-state index in [1.807, 2.05) is 12.1 Å². The van der Waals surface area contributed by atoms with Crippen molar-refractivity contribution in [3.8, 4) is 11.5 Å². The SMILES string of the molecule is C=C(C(=O)c1ccc(CC(C)C)cc1)C(=O)N(C)c1cc(OC)cc(OC)c1. The van der Waals surface area contributed by atoms with Gasteiger partial charge in [0.25, 0.3) is 5.91 Å². The predicted molar refractivity (Wildman–Crippen MR) is 111 cm³/mol. The lowest BCUT2D eigenvalue weighted by atomic mass is 9.98. The molecular weight excluding hydrogens is 354 g/mol. The van der Waals surface area contributed by atoms with Gasteiger partial charge >= 0.3 is 0 Å². The largest absolute Gasteiger partial charge is 0.497 e. The van der Waals surface area contributed by atoms with E-state index in [0.29, 0.717) is 28.7 Å². The molecule has 148 valence electrons. The van der Waals surface area contributed by atoms with Gasteiger partial charge in [-0.15, -0.1) is 0 Å². The van der Waals surface area contributed by atoms with Gasteiger partial charge in [0.1, 0.15) is 11.5 Å². The topological polar surface area (TPSA) is 55.8 Å². The monoisotopic (exact) mass is 381 g/mol. The molecule has 0 N–H and O–H groups in total. The van der Waals surface area contributed by atoms with Crippen LogP contribution >= 0.6 is 0 Å². The zero-order chi connectivity index (χ0) is 20.8. The molecule has 0 saturated carbocycles. The van der Waals surface area contributed by atoms with Crippen molar-refractivity contribution < 1.29 is 19.1 Å². The number of Topliss-reactive ketones (excluding diaryl/α,β-unsaturated/α-hetero) is 1. The number of ketones is 1. The van der Waals surface area contributed by atoms with Crippen molar-refractivity contribution in [2.45, 2.75) is 20.3 Å². The average Bonchev–Trinajstić information content (AvgIpc) is 2.71. The Morgan fingerprint density at radius 2 is 1.54 bits per heavy atom. The highest BCUT2D eigenvalue weighted by molar-refractivity contribution is 6.28. The number of nitrogens with zero attached hydrogens (tertiary/aromatic N) is 1. The Hall–Kier alpha value is -3.08. The second-order valence-electron chi connectivity index (χ2n) is 7.04. The Bertz CT molecular complexity index is 846. The highest BCUT2D eigenvalue weighted by atomic mass is 16.5. The number of amides is 1. The number of rotatable bonds is 8. The van der Waals surface area contributed by atoms with Gasteiger partial charge in [-0.2, -0.15) is 0 Å². The fourth-order valence-electron chi connectivity index (χ4n) is 2.84. The fourth-order valence-corrected chi connectivity index (χ4v) is 2.84. The summed E-state index contributed by atoms with van der Waals surface area (Å²) in [5, 5.41) is 0. The summed E-state index contributed by atoms with van der Waals surface area (Å²) in [6.07, 6.45) is 0.939. The van der Waals surface area contributed by atoms with Gasteiger partial charge in [0.15, 0.2) is 5.78 Å². The first-order chi connectivity index (χ1) is 13.3. The van der Waals surface area contributed by atoms with Gasteiger partial charge in [-0.05, 0) is 17.9 Å². The quantitative estimate of drug-likeness (QED) is 0.296. The summed E-state index contributed by atoms with van der Waals surface area (Å²) >= 11 is 0. The number of ether oxygens (including phenoxy) is 2. The number of likely N-dealkylation sites (N-methyl/N-ethyl adjacent to an activating group) is 1. The maximum atomic E-state index is 12.8. The van der Waals surface area contributed by atoms with Gasteiger partial charge in [-0.25, -0.2) is 0 Å². The summed E-state index contributed by atoms with van der Waals surface area (Å²) in [5.41, 5.74) is 2.05. The van der Waals surface area contributed by atoms with E-state index < -0.39 is 5.91 Å². The van der Waals surface area contributed by atoms with Crippen LogP contribution in [0.1, 0.15) is 29.8 Å². The van der Waals surface area contributed by atoms with E-state index in [2.05, 4.69) is 20.4 Å². The molecule has 0 heterocycles. The standard InChI is InChI=1S/C23H27NO4/c1-15(2)11-17-7-9-18(10-8-17)22(25)16(3)23(26)24(4)19-12-20(27-5)14-21(13-19)28-6/h7-10,12-15H,3,11H2,1-2,4-6H3. The van der Waals surface area contributed by atoms with Gasteiger partial charge in [0.2, 0.25) is 0 Å². The molecule has 5 nitrogen and oxygen atoms in total. The minimum atomic E-state index is -0.480. The average molecular weight is 381 g/mol. The van der Waals surface area contributed by atoms with Crippen molar-refractivity contribution in [3.63, 3.8) is 0 Å². The molecule has 5 heteroatoms. The molecule has 28 heavy (non-hydrogen) atoms. The van der Waals surface area contributed by atoms with Crippen LogP contribution in [-0.4, -0.2) is 33.0 Å². The van der Waals surface area contributed by atoms with Gasteiger partial charge in [0.05, 0.1) is 25.5 Å². The predicted octanol–water partition coefficient (Wildman–Crippen LogP) is 4.30. The fraction of sp³-hybridized carbons (Fsp3) is 0.304. The number of methoxy groups -OCH3 is 2. The van der Waals surface area contributed by atoms with E-state index in [4.69, 9.17) is 9.47 Å². The number of carbonyl (C=O) groups excluding carboxylic acids is 2. The number of anilines is 1. The Morgan fingerprint density at radius 3 is 2.00 bits per heavy atom. The summed E-state index contributed by atoms with van der Waals surface area (Å²) in [6, 6.07) is 12.4. The molecule has 0 atom stereocenters. The van der Waals surface area contributed by atoms with Crippen LogP contribution in [0.25, 0.3) is 0 Å². The van der Waals surface area contributed by atoms with Crippen LogP contribution in [-0.2, 0) is 11.2 Å². The van der Waals surface area contributed by atoms with Crippen LogP contribution in [0.3, 0.4) is 0 Å². The summed E-state index contributed by atoms with van der Waals surface area (Å²) < 4.78 is 10.5. The third-order valence-electron chi connectivity index (χ3n) is 4.42. The van der Waals surface area contributed by atoms with E-state index in [9.17, 15) is 9.59 Å². The maximum Gasteiger partial charge on any atom is 0.261 e. The van der Waals surface area contributed by atoms with Crippen molar-refractivity contribution in [2.24, 2.45) is 5.92 Å². The van der Waals surface area contributed by atoms with Crippen molar-refractivity contribution >= 4 is 17.4 Å². The molecule has 0 bridgehead atoms. The molecule has 1 amide bonds. The maximum absolute atomic E-state index is 12.8. The van der Waals surface area contributed by atoms with E-state index in [-0.39, 0.29) is 11.4 Å². The molecule has 0 unspecified atom stereocenters. The van der Waals surface area contributed by atoms with Crippen LogP contribution in [0.2, 0.25) is 0 Å². The third kappa shape index (κ3) is 5.00. The molecule has 2 aromatic carbocycles. The number of hydrogen-bond acceptors (Lipinski definition) is 4. The number of carbonyl (C=O) groups is 2. The van der Waals surface area contributed by atoms with E-state index >= 15 is 0 Å². The van der Waals surface area contributed by atoms with Crippen LogP contribution in [0.4, 0.5) is 5.69 Å². The Labute approximate surface area is 166 Å². The molecule has 0 saturated heterocycles. The summed E-state index contributed by atoms with van der Waals surface area (Å²) in [6.45, 7) is 8.01. The molecule has 0 aliphatic carbocycles. The Kier molecular flexibility index (Phi) is 6.99. The van der Waals surface area contributed by atoms with Gasteiger partial charge in [0, 0.05) is 30.8 Å². The minimum Gasteiger partial charge on any atom is -0.497 e. The van der Waals surface area contributed by atoms with Crippen LogP contribution in [0, 0.1) is 5.92 Å². The zero-order valence-corrected chi connectivity index (χ0v) is 17.1. The van der Waals surface area contributed by atoms with Gasteiger partial charge in [-0.1, -0.05) is 44.7 Å². The summed E-state index contributed by atoms with van der Waals surface area (Å²) in [4.78, 5) is 26.9. The van der Waals surface area contributed by atoms with Crippen LogP contribution in [0.5, 0.6) is 11.5 Å². The molecule has 2 rings (SSSR count). The first-order valence-corrected chi connectivity index (χ1v) is 9.10. The first-order valence-electron chi connectivity index (χ1n) is 9.10. The van der Waals surface area contributed by atoms with E-state index in [0.717, 1.165) is 12.0 Å². The lowest BCUT2D eigenvalue weighted by Crippen LogP contribution is -2.30. The molecule has 0 radical (unpaired) electrons. The van der Waals surface area contributed by atoms with Crippen molar-refractivity contribution in [1.82, 2.24) is 0 Å². The number of hydrogen-bond donors (Lipinski definition) is 0. The number of benzene rings is 2. The minimum absolute atomic E-state index is 0.0964. The Balaban J connectivity index is 2.19. The molecule has 0 aliphatic heterocycles. The summed E-state index contributed by atoms with van der Waals surface area (Å²) in [5.74, 6) is 0.763. The van der Waals surface area contributed by atoms with E-state index in [1.54, 1.807) is 37.4 Å². The first kappa shape index (κ1) is 21.2. The van der Waals surface area contributed by atoms with Crippen LogP contribution < -0.4 is 14.4 Å². The molecule has 2 aromatic rings. The third-order valence-corrected chi connectivity index (χ3v) is 4.42. The lowest BCUT2D eigenvalue weighted by Gasteiger charge is -2.20. The molecule has 0 fully saturated rings. The highest BCUT2D eigenvalue weighted by Gasteiger charge is 2.22. The molecule has 0 spiro atoms. The highest BCUT2D eigenvalue weighted by Crippen LogP contribution is 2.28. The van der Waals surface area contributed by atoms with E-state index in [1.165, 1.54) is 19.1 Å². The van der Waals surface area contributed by atoms with Gasteiger partial charge < -0.3 is 14.4 Å². The Morgan fingerprint density at radius 1 is 1.00 bits per heavy atom. The lowest BCUT2D eigenvalue weighted by molar-refractivity contribution is -0.114.